The molecule has 2 amide bonds. The van der Waals surface area contributed by atoms with Crippen LogP contribution in [0.1, 0.15) is 37.2 Å². The fraction of sp³-hybridized carbons (Fsp3) is 0.500. The van der Waals surface area contributed by atoms with Crippen LogP contribution in [0.15, 0.2) is 22.8 Å². The standard InChI is InChI=1S/C18H22N4O5/c1-13(2)16(21-17(24)14-6-3-11-26-14)18(25)27-12-15(23)22(9-4-7-19)10-5-8-20/h3,6,11,13,16H,4-5,9-10,12H2,1-2H3,(H,21,24). The first-order valence-corrected chi connectivity index (χ1v) is 8.43. The summed E-state index contributed by atoms with van der Waals surface area (Å²) in [4.78, 5) is 37.8. The van der Waals surface area contributed by atoms with E-state index in [1.165, 1.54) is 17.2 Å². The molecule has 0 aromatic carbocycles. The van der Waals surface area contributed by atoms with Crippen molar-refractivity contribution < 1.29 is 23.5 Å². The molecule has 0 aliphatic heterocycles. The maximum absolute atomic E-state index is 12.3. The number of hydrogen-bond donors (Lipinski definition) is 1. The molecule has 0 spiro atoms. The molecule has 0 fully saturated rings. The van der Waals surface area contributed by atoms with Crippen LogP contribution in [-0.4, -0.2) is 48.4 Å². The van der Waals surface area contributed by atoms with Crippen LogP contribution in [0, 0.1) is 28.6 Å². The highest BCUT2D eigenvalue weighted by molar-refractivity contribution is 5.94. The lowest BCUT2D eigenvalue weighted by molar-refractivity contribution is -0.154. The van der Waals surface area contributed by atoms with Crippen molar-refractivity contribution >= 4 is 17.8 Å². The van der Waals surface area contributed by atoms with Gasteiger partial charge in [-0.25, -0.2) is 4.79 Å². The second-order valence-corrected chi connectivity index (χ2v) is 5.98. The lowest BCUT2D eigenvalue weighted by Gasteiger charge is -2.23. The molecule has 1 aromatic heterocycles. The number of carbonyl (C=O) groups is 3. The molecule has 1 rings (SSSR count). The molecule has 9 nitrogen and oxygen atoms in total. The van der Waals surface area contributed by atoms with Gasteiger partial charge in [0.05, 0.1) is 31.2 Å². The second-order valence-electron chi connectivity index (χ2n) is 5.98. The fourth-order valence-corrected chi connectivity index (χ4v) is 2.16. The highest BCUT2D eigenvalue weighted by Gasteiger charge is 2.28. The van der Waals surface area contributed by atoms with Crippen molar-refractivity contribution in [1.29, 1.82) is 10.5 Å². The zero-order valence-corrected chi connectivity index (χ0v) is 15.3. The Hall–Kier alpha value is -3.33. The number of esters is 1. The maximum Gasteiger partial charge on any atom is 0.329 e. The Morgan fingerprint density at radius 1 is 1.22 bits per heavy atom. The first-order chi connectivity index (χ1) is 12.9. The zero-order chi connectivity index (χ0) is 20.2. The van der Waals surface area contributed by atoms with Crippen molar-refractivity contribution in [2.75, 3.05) is 19.7 Å². The van der Waals surface area contributed by atoms with E-state index in [9.17, 15) is 14.4 Å². The Morgan fingerprint density at radius 2 is 1.85 bits per heavy atom. The molecular formula is C18H22N4O5. The van der Waals surface area contributed by atoms with Crippen LogP contribution in [0.5, 0.6) is 0 Å². The van der Waals surface area contributed by atoms with E-state index in [0.717, 1.165) is 0 Å². The summed E-state index contributed by atoms with van der Waals surface area (Å²) in [5.41, 5.74) is 0. The summed E-state index contributed by atoms with van der Waals surface area (Å²) in [7, 11) is 0. The SMILES string of the molecule is CC(C)C(NC(=O)c1ccco1)C(=O)OCC(=O)N(CCC#N)CCC#N. The van der Waals surface area contributed by atoms with Gasteiger partial charge in [-0.3, -0.25) is 9.59 Å². The van der Waals surface area contributed by atoms with Crippen LogP contribution in [0.25, 0.3) is 0 Å². The predicted molar refractivity (Wildman–Crippen MR) is 92.8 cm³/mol. The molecule has 144 valence electrons. The summed E-state index contributed by atoms with van der Waals surface area (Å²) < 4.78 is 10.0. The Morgan fingerprint density at radius 3 is 2.33 bits per heavy atom. The second kappa shape index (κ2) is 11.3. The van der Waals surface area contributed by atoms with E-state index in [2.05, 4.69) is 5.32 Å². The lowest BCUT2D eigenvalue weighted by atomic mass is 10.0. The highest BCUT2D eigenvalue weighted by atomic mass is 16.5. The van der Waals surface area contributed by atoms with E-state index in [-0.39, 0.29) is 37.6 Å². The van der Waals surface area contributed by atoms with Crippen LogP contribution >= 0.6 is 0 Å². The van der Waals surface area contributed by atoms with Crippen molar-refractivity contribution in [3.8, 4) is 12.1 Å². The van der Waals surface area contributed by atoms with Gasteiger partial charge in [0.15, 0.2) is 12.4 Å². The summed E-state index contributed by atoms with van der Waals surface area (Å²) in [5.74, 6) is -2.04. The maximum atomic E-state index is 12.3. The van der Waals surface area contributed by atoms with Gasteiger partial charge in [-0.05, 0) is 18.1 Å². The minimum Gasteiger partial charge on any atom is -0.459 e. The molecule has 0 saturated carbocycles. The number of nitriles is 2. The Kier molecular flexibility index (Phi) is 9.10. The Bertz CT molecular complexity index is 697. The van der Waals surface area contributed by atoms with Gasteiger partial charge in [-0.15, -0.1) is 0 Å². The van der Waals surface area contributed by atoms with Gasteiger partial charge >= 0.3 is 5.97 Å². The van der Waals surface area contributed by atoms with E-state index < -0.39 is 30.4 Å². The Balaban J connectivity index is 2.64. The molecule has 0 aliphatic rings. The number of nitrogens with zero attached hydrogens (tertiary/aromatic N) is 3. The van der Waals surface area contributed by atoms with Gasteiger partial charge in [0.1, 0.15) is 6.04 Å². The predicted octanol–water partition coefficient (Wildman–Crippen LogP) is 1.23. The molecule has 1 unspecified atom stereocenters. The van der Waals surface area contributed by atoms with Crippen LogP contribution in [0.3, 0.4) is 0 Å². The van der Waals surface area contributed by atoms with Crippen molar-refractivity contribution in [1.82, 2.24) is 10.2 Å². The number of nitrogens with one attached hydrogen (secondary N) is 1. The van der Waals surface area contributed by atoms with E-state index in [1.54, 1.807) is 19.9 Å². The van der Waals surface area contributed by atoms with Crippen LogP contribution in [-0.2, 0) is 14.3 Å². The Labute approximate surface area is 157 Å². The monoisotopic (exact) mass is 374 g/mol. The molecule has 0 bridgehead atoms. The first-order valence-electron chi connectivity index (χ1n) is 8.43. The lowest BCUT2D eigenvalue weighted by Crippen LogP contribution is -2.46. The van der Waals surface area contributed by atoms with E-state index in [1.807, 2.05) is 12.1 Å². The summed E-state index contributed by atoms with van der Waals surface area (Å²) in [6.45, 7) is 3.22. The molecule has 9 heteroatoms. The van der Waals surface area contributed by atoms with E-state index in [0.29, 0.717) is 0 Å². The molecule has 27 heavy (non-hydrogen) atoms. The van der Waals surface area contributed by atoms with Crippen molar-refractivity contribution in [3.05, 3.63) is 24.2 Å². The van der Waals surface area contributed by atoms with Crippen LogP contribution < -0.4 is 5.32 Å². The first kappa shape index (κ1) is 21.7. The quantitative estimate of drug-likeness (QED) is 0.608. The average molecular weight is 374 g/mol. The summed E-state index contributed by atoms with van der Waals surface area (Å²) >= 11 is 0. The van der Waals surface area contributed by atoms with Crippen LogP contribution in [0.2, 0.25) is 0 Å². The molecule has 0 radical (unpaired) electrons. The number of furan rings is 1. The van der Waals surface area contributed by atoms with Gasteiger partial charge in [0.25, 0.3) is 11.8 Å². The normalized spacial score (nSPS) is 11.1. The van der Waals surface area contributed by atoms with E-state index >= 15 is 0 Å². The van der Waals surface area contributed by atoms with Crippen LogP contribution in [0.4, 0.5) is 0 Å². The number of carbonyl (C=O) groups excluding carboxylic acids is 3. The fourth-order valence-electron chi connectivity index (χ4n) is 2.16. The summed E-state index contributed by atoms with van der Waals surface area (Å²) in [6.07, 6.45) is 1.56. The summed E-state index contributed by atoms with van der Waals surface area (Å²) in [6, 6.07) is 5.90. The zero-order valence-electron chi connectivity index (χ0n) is 15.3. The molecular weight excluding hydrogens is 352 g/mol. The smallest absolute Gasteiger partial charge is 0.329 e. The van der Waals surface area contributed by atoms with Gasteiger partial charge in [-0.1, -0.05) is 13.8 Å². The third kappa shape index (κ3) is 7.20. The number of rotatable bonds is 10. The number of amides is 2. The largest absolute Gasteiger partial charge is 0.459 e. The van der Waals surface area contributed by atoms with Crippen molar-refractivity contribution in [2.45, 2.75) is 32.7 Å². The highest BCUT2D eigenvalue weighted by Crippen LogP contribution is 2.08. The van der Waals surface area contributed by atoms with Gasteiger partial charge < -0.3 is 19.4 Å². The third-order valence-corrected chi connectivity index (χ3v) is 3.63. The molecule has 0 saturated heterocycles. The van der Waals surface area contributed by atoms with Crippen molar-refractivity contribution in [2.24, 2.45) is 5.92 Å². The van der Waals surface area contributed by atoms with Gasteiger partial charge in [-0.2, -0.15) is 10.5 Å². The summed E-state index contributed by atoms with van der Waals surface area (Å²) in [5, 5.41) is 19.8. The minimum absolute atomic E-state index is 0.0590. The molecule has 1 heterocycles. The topological polar surface area (TPSA) is 136 Å². The number of hydrogen-bond acceptors (Lipinski definition) is 7. The molecule has 1 atom stereocenters. The van der Waals surface area contributed by atoms with E-state index in [4.69, 9.17) is 19.7 Å². The minimum atomic E-state index is -0.956. The molecule has 1 N–H and O–H groups in total. The van der Waals surface area contributed by atoms with Gasteiger partial charge in [0.2, 0.25) is 0 Å². The number of ether oxygens (including phenoxy) is 1. The molecule has 0 aliphatic carbocycles. The average Bonchev–Trinajstić information content (AvgIpc) is 3.18. The third-order valence-electron chi connectivity index (χ3n) is 3.63. The molecule has 1 aromatic rings. The van der Waals surface area contributed by atoms with Gasteiger partial charge in [0, 0.05) is 13.1 Å². The van der Waals surface area contributed by atoms with Crippen molar-refractivity contribution in [3.63, 3.8) is 0 Å².